The van der Waals surface area contributed by atoms with Gasteiger partial charge < -0.3 is 8.83 Å². The summed E-state index contributed by atoms with van der Waals surface area (Å²) in [6.07, 6.45) is 0.710. The predicted octanol–water partition coefficient (Wildman–Crippen LogP) is 1.51. The van der Waals surface area contributed by atoms with E-state index in [0.29, 0.717) is 28.6 Å². The smallest absolute Gasteiger partial charge is 0.391 e. The molecule has 0 aliphatic carbocycles. The summed E-state index contributed by atoms with van der Waals surface area (Å²) in [5, 5.41) is 0. The van der Waals surface area contributed by atoms with E-state index in [1.165, 1.54) is 6.07 Å². The molecule has 4 heteroatoms. The minimum absolute atomic E-state index is 0.342. The maximum atomic E-state index is 10.7. The van der Waals surface area contributed by atoms with Gasteiger partial charge in [-0.15, -0.1) is 0 Å². The van der Waals surface area contributed by atoms with Crippen LogP contribution in [0.15, 0.2) is 25.8 Å². The van der Waals surface area contributed by atoms with Gasteiger partial charge in [-0.2, -0.15) is 0 Å². The molecule has 4 nitrogen and oxygen atoms in total. The Balaban J connectivity index is 2.93. The van der Waals surface area contributed by atoms with Gasteiger partial charge in [-0.1, -0.05) is 0 Å². The third-order valence-electron chi connectivity index (χ3n) is 1.92. The van der Waals surface area contributed by atoms with E-state index in [1.54, 1.807) is 13.0 Å². The van der Waals surface area contributed by atoms with Gasteiger partial charge in [-0.3, -0.25) is 4.79 Å². The lowest BCUT2D eigenvalue weighted by Gasteiger charge is -1.94. The highest BCUT2D eigenvalue weighted by Gasteiger charge is 2.09. The normalized spacial score (nSPS) is 10.5. The van der Waals surface area contributed by atoms with Gasteiger partial charge in [-0.25, -0.2) is 4.79 Å². The SMILES string of the molecule is Cc1c(C=O)ccc2oc(=O)oc12. The standard InChI is InChI=1S/C9H6O4/c1-5-6(4-10)2-3-7-8(5)13-9(11)12-7/h2-4H,1H3. The van der Waals surface area contributed by atoms with Crippen molar-refractivity contribution in [3.05, 3.63) is 33.9 Å². The second-order valence-electron chi connectivity index (χ2n) is 2.68. The highest BCUT2D eigenvalue weighted by atomic mass is 16.6. The summed E-state index contributed by atoms with van der Waals surface area (Å²) in [4.78, 5) is 21.2. The number of carbonyl (C=O) groups is 1. The number of benzene rings is 1. The molecule has 1 aromatic heterocycles. The first-order valence-corrected chi connectivity index (χ1v) is 3.71. The van der Waals surface area contributed by atoms with E-state index in [0.717, 1.165) is 0 Å². The minimum Gasteiger partial charge on any atom is -0.391 e. The molecule has 0 amide bonds. The average molecular weight is 178 g/mol. The van der Waals surface area contributed by atoms with Crippen LogP contribution in [0.5, 0.6) is 0 Å². The van der Waals surface area contributed by atoms with Crippen LogP contribution in [0.4, 0.5) is 0 Å². The highest BCUT2D eigenvalue weighted by Crippen LogP contribution is 2.19. The molecule has 0 fully saturated rings. The van der Waals surface area contributed by atoms with Crippen LogP contribution in [-0.4, -0.2) is 6.29 Å². The van der Waals surface area contributed by atoms with E-state index in [-0.39, 0.29) is 0 Å². The molecule has 2 aromatic rings. The molecule has 0 bridgehead atoms. The third kappa shape index (κ3) is 1.07. The van der Waals surface area contributed by atoms with Crippen LogP contribution in [-0.2, 0) is 0 Å². The lowest BCUT2D eigenvalue weighted by molar-refractivity contribution is 0.112. The molecule has 1 aromatic carbocycles. The molecule has 0 radical (unpaired) electrons. The second-order valence-corrected chi connectivity index (χ2v) is 2.68. The molecule has 0 saturated carbocycles. The van der Waals surface area contributed by atoms with Crippen molar-refractivity contribution in [2.75, 3.05) is 0 Å². The molecule has 2 rings (SSSR count). The number of aryl methyl sites for hydroxylation is 1. The van der Waals surface area contributed by atoms with Gasteiger partial charge in [0.25, 0.3) is 0 Å². The van der Waals surface area contributed by atoms with Crippen LogP contribution in [0, 0.1) is 6.92 Å². The van der Waals surface area contributed by atoms with Crippen LogP contribution in [0.25, 0.3) is 11.2 Å². The average Bonchev–Trinajstić information content (AvgIpc) is 2.47. The lowest BCUT2D eigenvalue weighted by atomic mass is 10.1. The largest absolute Gasteiger partial charge is 0.519 e. The fraction of sp³-hybridized carbons (Fsp3) is 0.111. The first-order valence-electron chi connectivity index (χ1n) is 3.71. The zero-order valence-electron chi connectivity index (χ0n) is 6.87. The van der Waals surface area contributed by atoms with Crippen molar-refractivity contribution >= 4 is 17.5 Å². The van der Waals surface area contributed by atoms with E-state index >= 15 is 0 Å². The molecule has 13 heavy (non-hydrogen) atoms. The first kappa shape index (κ1) is 7.79. The number of carbonyl (C=O) groups excluding carboxylic acids is 1. The topological polar surface area (TPSA) is 60.4 Å². The monoisotopic (exact) mass is 178 g/mol. The summed E-state index contributed by atoms with van der Waals surface area (Å²) in [5.41, 5.74) is 1.83. The zero-order valence-corrected chi connectivity index (χ0v) is 6.87. The fourth-order valence-corrected chi connectivity index (χ4v) is 1.21. The third-order valence-corrected chi connectivity index (χ3v) is 1.92. The summed E-state index contributed by atoms with van der Waals surface area (Å²) in [6.45, 7) is 1.70. The number of hydrogen-bond donors (Lipinski definition) is 0. The maximum Gasteiger partial charge on any atom is 0.519 e. The predicted molar refractivity (Wildman–Crippen MR) is 44.9 cm³/mol. The van der Waals surface area contributed by atoms with Gasteiger partial charge in [-0.05, 0) is 19.1 Å². The Hall–Kier alpha value is -1.84. The van der Waals surface area contributed by atoms with Gasteiger partial charge in [0.2, 0.25) is 0 Å². The zero-order chi connectivity index (χ0) is 9.42. The quantitative estimate of drug-likeness (QED) is 0.621. The van der Waals surface area contributed by atoms with Crippen LogP contribution < -0.4 is 5.82 Å². The molecule has 0 saturated heterocycles. The number of rotatable bonds is 1. The van der Waals surface area contributed by atoms with E-state index in [9.17, 15) is 9.59 Å². The van der Waals surface area contributed by atoms with Crippen LogP contribution >= 0.6 is 0 Å². The Bertz CT molecular complexity index is 518. The highest BCUT2D eigenvalue weighted by molar-refractivity contribution is 5.86. The van der Waals surface area contributed by atoms with E-state index in [1.807, 2.05) is 0 Å². The fourth-order valence-electron chi connectivity index (χ4n) is 1.21. The van der Waals surface area contributed by atoms with Crippen molar-refractivity contribution in [3.8, 4) is 0 Å². The summed E-state index contributed by atoms with van der Waals surface area (Å²) in [7, 11) is 0. The lowest BCUT2D eigenvalue weighted by Crippen LogP contribution is -1.86. The molecule has 0 aliphatic heterocycles. The van der Waals surface area contributed by atoms with E-state index in [4.69, 9.17) is 8.83 Å². The Labute approximate surface area is 72.8 Å². The van der Waals surface area contributed by atoms with Gasteiger partial charge in [0.1, 0.15) is 6.29 Å². The number of hydrogen-bond acceptors (Lipinski definition) is 4. The molecule has 0 spiro atoms. The van der Waals surface area contributed by atoms with Crippen LogP contribution in [0.2, 0.25) is 0 Å². The molecular weight excluding hydrogens is 172 g/mol. The summed E-state index contributed by atoms with van der Waals surface area (Å²) in [6, 6.07) is 3.13. The Morgan fingerprint density at radius 3 is 2.77 bits per heavy atom. The van der Waals surface area contributed by atoms with E-state index in [2.05, 4.69) is 0 Å². The van der Waals surface area contributed by atoms with Gasteiger partial charge in [0, 0.05) is 11.1 Å². The first-order chi connectivity index (χ1) is 6.22. The number of aldehydes is 1. The Morgan fingerprint density at radius 1 is 1.31 bits per heavy atom. The van der Waals surface area contributed by atoms with Crippen molar-refractivity contribution in [2.24, 2.45) is 0 Å². The second kappa shape index (κ2) is 2.58. The summed E-state index contributed by atoms with van der Waals surface area (Å²) >= 11 is 0. The molecule has 0 atom stereocenters. The molecule has 0 N–H and O–H groups in total. The van der Waals surface area contributed by atoms with Crippen molar-refractivity contribution in [1.29, 1.82) is 0 Å². The van der Waals surface area contributed by atoms with Crippen LogP contribution in [0.3, 0.4) is 0 Å². The molecule has 0 aliphatic rings. The number of fused-ring (bicyclic) bond motifs is 1. The van der Waals surface area contributed by atoms with Crippen molar-refractivity contribution in [2.45, 2.75) is 6.92 Å². The van der Waals surface area contributed by atoms with Crippen molar-refractivity contribution in [3.63, 3.8) is 0 Å². The summed E-state index contributed by atoms with van der Waals surface area (Å²) in [5.74, 6) is -0.749. The Morgan fingerprint density at radius 2 is 2.08 bits per heavy atom. The van der Waals surface area contributed by atoms with Crippen molar-refractivity contribution in [1.82, 2.24) is 0 Å². The maximum absolute atomic E-state index is 10.7. The van der Waals surface area contributed by atoms with Crippen LogP contribution in [0.1, 0.15) is 15.9 Å². The van der Waals surface area contributed by atoms with E-state index < -0.39 is 5.82 Å². The molecule has 66 valence electrons. The van der Waals surface area contributed by atoms with Gasteiger partial charge >= 0.3 is 5.82 Å². The molecule has 0 unspecified atom stereocenters. The summed E-state index contributed by atoms with van der Waals surface area (Å²) < 4.78 is 9.47. The minimum atomic E-state index is -0.749. The molecule has 1 heterocycles. The van der Waals surface area contributed by atoms with Gasteiger partial charge in [0.15, 0.2) is 11.2 Å². The molecular formula is C9H6O4. The van der Waals surface area contributed by atoms with Gasteiger partial charge in [0.05, 0.1) is 0 Å². The van der Waals surface area contributed by atoms with Crippen molar-refractivity contribution < 1.29 is 13.6 Å². The Kier molecular flexibility index (Phi) is 1.55.